The maximum Gasteiger partial charge on any atom is 0.335 e. The first kappa shape index (κ1) is 30.4. The summed E-state index contributed by atoms with van der Waals surface area (Å²) in [5, 5.41) is 2.44. The lowest BCUT2D eigenvalue weighted by Gasteiger charge is -2.44. The zero-order chi connectivity index (χ0) is 33.3. The highest BCUT2D eigenvalue weighted by molar-refractivity contribution is 6.39. The number of nitrogens with zero attached hydrogens (tertiary/aromatic N) is 2. The van der Waals surface area contributed by atoms with Gasteiger partial charge in [-0.3, -0.25) is 14.9 Å². The molecule has 3 aliphatic heterocycles. The smallest absolute Gasteiger partial charge is 0.335 e. The molecular formula is C42H35N3O4. The summed E-state index contributed by atoms with van der Waals surface area (Å²) in [6, 6.07) is 41.1. The molecule has 5 aromatic rings. The van der Waals surface area contributed by atoms with Gasteiger partial charge in [-0.15, -0.1) is 0 Å². The molecule has 0 saturated carbocycles. The van der Waals surface area contributed by atoms with Gasteiger partial charge in [-0.2, -0.15) is 0 Å². The third-order valence-electron chi connectivity index (χ3n) is 9.82. The first-order valence-electron chi connectivity index (χ1n) is 16.7. The van der Waals surface area contributed by atoms with Crippen molar-refractivity contribution in [2.24, 2.45) is 0 Å². The highest BCUT2D eigenvalue weighted by Crippen LogP contribution is 2.50. The molecule has 7 heteroatoms. The second-order valence-electron chi connectivity index (χ2n) is 12.7. The van der Waals surface area contributed by atoms with E-state index in [0.29, 0.717) is 23.6 Å². The Labute approximate surface area is 285 Å². The Hall–Kier alpha value is -5.95. The molecular weight excluding hydrogens is 610 g/mol. The molecule has 5 aromatic carbocycles. The Morgan fingerprint density at radius 1 is 0.694 bits per heavy atom. The summed E-state index contributed by atoms with van der Waals surface area (Å²) in [6.45, 7) is 2.18. The third-order valence-corrected chi connectivity index (χ3v) is 9.82. The zero-order valence-corrected chi connectivity index (χ0v) is 26.9. The van der Waals surface area contributed by atoms with Gasteiger partial charge in [0.1, 0.15) is 17.9 Å². The van der Waals surface area contributed by atoms with Crippen molar-refractivity contribution in [3.8, 4) is 5.75 Å². The van der Waals surface area contributed by atoms with E-state index in [1.807, 2.05) is 66.7 Å². The van der Waals surface area contributed by atoms with Crippen LogP contribution in [0.15, 0.2) is 133 Å². The van der Waals surface area contributed by atoms with Gasteiger partial charge in [-0.05, 0) is 64.9 Å². The van der Waals surface area contributed by atoms with Crippen LogP contribution in [0.3, 0.4) is 0 Å². The van der Waals surface area contributed by atoms with Crippen LogP contribution in [0.25, 0.3) is 6.08 Å². The van der Waals surface area contributed by atoms with Gasteiger partial charge in [0, 0.05) is 36.2 Å². The Morgan fingerprint density at radius 3 is 1.86 bits per heavy atom. The molecule has 1 saturated heterocycles. The number of anilines is 2. The number of barbiturate groups is 1. The van der Waals surface area contributed by atoms with E-state index < -0.39 is 17.8 Å². The first-order chi connectivity index (χ1) is 24.0. The van der Waals surface area contributed by atoms with Gasteiger partial charge < -0.3 is 9.64 Å². The van der Waals surface area contributed by atoms with E-state index in [1.54, 1.807) is 12.1 Å². The Morgan fingerprint density at radius 2 is 1.24 bits per heavy atom. The van der Waals surface area contributed by atoms with Gasteiger partial charge >= 0.3 is 6.03 Å². The van der Waals surface area contributed by atoms with Gasteiger partial charge in [0.05, 0.1) is 5.69 Å². The molecule has 1 fully saturated rings. The van der Waals surface area contributed by atoms with Crippen molar-refractivity contribution >= 4 is 35.3 Å². The van der Waals surface area contributed by atoms with Crippen LogP contribution in [0.4, 0.5) is 16.2 Å². The summed E-state index contributed by atoms with van der Waals surface area (Å²) < 4.78 is 6.11. The lowest BCUT2D eigenvalue weighted by Crippen LogP contribution is -2.54. The number of imide groups is 2. The van der Waals surface area contributed by atoms with Crippen LogP contribution in [0.1, 0.15) is 58.1 Å². The molecule has 3 heterocycles. The van der Waals surface area contributed by atoms with E-state index in [1.165, 1.54) is 22.9 Å². The Balaban J connectivity index is 1.22. The fraction of sp³-hybridized carbons (Fsp3) is 0.167. The fourth-order valence-electron chi connectivity index (χ4n) is 7.48. The number of carbonyl (C=O) groups is 3. The summed E-state index contributed by atoms with van der Waals surface area (Å²) >= 11 is 0. The predicted octanol–water partition coefficient (Wildman–Crippen LogP) is 7.81. The summed E-state index contributed by atoms with van der Waals surface area (Å²) in [5.41, 5.74) is 7.63. The van der Waals surface area contributed by atoms with E-state index >= 15 is 0 Å². The van der Waals surface area contributed by atoms with Gasteiger partial charge in [-0.25, -0.2) is 9.69 Å². The van der Waals surface area contributed by atoms with Crippen molar-refractivity contribution in [1.82, 2.24) is 5.32 Å². The van der Waals surface area contributed by atoms with Gasteiger partial charge in [-0.1, -0.05) is 109 Å². The van der Waals surface area contributed by atoms with Gasteiger partial charge in [0.25, 0.3) is 11.8 Å². The molecule has 49 heavy (non-hydrogen) atoms. The molecule has 3 aliphatic rings. The average molecular weight is 646 g/mol. The molecule has 0 spiro atoms. The number of rotatable bonds is 7. The van der Waals surface area contributed by atoms with Crippen LogP contribution >= 0.6 is 0 Å². The lowest BCUT2D eigenvalue weighted by molar-refractivity contribution is -0.122. The van der Waals surface area contributed by atoms with Gasteiger partial charge in [0.2, 0.25) is 0 Å². The second-order valence-corrected chi connectivity index (χ2v) is 12.7. The van der Waals surface area contributed by atoms with E-state index in [2.05, 4.69) is 58.7 Å². The minimum absolute atomic E-state index is 0.0916. The molecule has 7 nitrogen and oxygen atoms in total. The van der Waals surface area contributed by atoms with Crippen LogP contribution in [0.5, 0.6) is 5.75 Å². The van der Waals surface area contributed by atoms with Crippen molar-refractivity contribution in [2.45, 2.75) is 31.3 Å². The lowest BCUT2D eigenvalue weighted by atomic mass is 9.76. The molecule has 2 atom stereocenters. The number of amides is 4. The fourth-order valence-corrected chi connectivity index (χ4v) is 7.48. The van der Waals surface area contributed by atoms with E-state index in [0.717, 1.165) is 47.5 Å². The van der Waals surface area contributed by atoms with Crippen LogP contribution in [0, 0.1) is 0 Å². The molecule has 0 aliphatic carbocycles. The third kappa shape index (κ3) is 5.78. The largest absolute Gasteiger partial charge is 0.488 e. The number of hydrogen-bond donors (Lipinski definition) is 1. The first-order valence-corrected chi connectivity index (χ1v) is 16.7. The quantitative estimate of drug-likeness (QED) is 0.144. The van der Waals surface area contributed by atoms with Crippen molar-refractivity contribution in [2.75, 3.05) is 22.9 Å². The Bertz CT molecular complexity index is 2010. The van der Waals surface area contributed by atoms with Crippen LogP contribution in [0.2, 0.25) is 0 Å². The summed E-state index contributed by atoms with van der Waals surface area (Å²) in [7, 11) is 0. The standard InChI is InChI=1S/C42H35N3O4/c46-40-37(24-31-18-10-11-19-38(31)49-27-28-12-4-1-5-13-28)41(47)45(42(48)43-40)32-25-35-33(29-14-6-2-7-15-29)20-22-44-23-21-34(36(26-32)39(35)44)30-16-8-3-9-17-30/h1-19,24-26,33-34H,20-23,27H2,(H,43,46,48)/b37-24+/t33-,34+. The predicted molar refractivity (Wildman–Crippen MR) is 191 cm³/mol. The van der Waals surface area contributed by atoms with E-state index in [-0.39, 0.29) is 17.4 Å². The molecule has 0 unspecified atom stereocenters. The maximum atomic E-state index is 14.3. The molecule has 4 amide bonds. The number of ether oxygens (including phenoxy) is 1. The molecule has 0 radical (unpaired) electrons. The summed E-state index contributed by atoms with van der Waals surface area (Å²) in [5.74, 6) is -0.700. The summed E-state index contributed by atoms with van der Waals surface area (Å²) in [4.78, 5) is 44.8. The van der Waals surface area contributed by atoms with Crippen molar-refractivity contribution in [3.63, 3.8) is 0 Å². The molecule has 0 bridgehead atoms. The van der Waals surface area contributed by atoms with Gasteiger partial charge in [0.15, 0.2) is 0 Å². The number of benzene rings is 5. The topological polar surface area (TPSA) is 79.0 Å². The number of nitrogens with one attached hydrogen (secondary N) is 1. The monoisotopic (exact) mass is 645 g/mol. The molecule has 0 aromatic heterocycles. The number of para-hydroxylation sites is 1. The highest BCUT2D eigenvalue weighted by atomic mass is 16.5. The minimum atomic E-state index is -0.760. The normalized spacial score (nSPS) is 19.4. The van der Waals surface area contributed by atoms with Crippen LogP contribution in [-0.2, 0) is 16.2 Å². The molecule has 1 N–H and O–H groups in total. The average Bonchev–Trinajstić information content (AvgIpc) is 3.14. The Kier molecular flexibility index (Phi) is 8.01. The van der Waals surface area contributed by atoms with Crippen molar-refractivity contribution < 1.29 is 19.1 Å². The van der Waals surface area contributed by atoms with Crippen molar-refractivity contribution in [1.29, 1.82) is 0 Å². The SMILES string of the molecule is O=C1NC(=O)N(c2cc3c4c(c2)[C@H](c2ccccc2)CCN4CC[C@@H]3c2ccccc2)C(=O)/C1=C/c1ccccc1OCc1ccccc1. The van der Waals surface area contributed by atoms with Crippen LogP contribution in [-0.4, -0.2) is 30.9 Å². The number of carbonyl (C=O) groups excluding carboxylic acids is 3. The van der Waals surface area contributed by atoms with Crippen LogP contribution < -0.4 is 19.9 Å². The van der Waals surface area contributed by atoms with E-state index in [9.17, 15) is 14.4 Å². The number of hydrogen-bond acceptors (Lipinski definition) is 5. The highest BCUT2D eigenvalue weighted by Gasteiger charge is 2.40. The minimum Gasteiger partial charge on any atom is -0.488 e. The molecule has 242 valence electrons. The maximum absolute atomic E-state index is 14.3. The van der Waals surface area contributed by atoms with E-state index in [4.69, 9.17) is 4.74 Å². The van der Waals surface area contributed by atoms with Crippen molar-refractivity contribution in [3.05, 3.63) is 166 Å². The second kappa shape index (κ2) is 12.9. The zero-order valence-electron chi connectivity index (χ0n) is 26.9. The number of urea groups is 1. The molecule has 8 rings (SSSR count). The summed E-state index contributed by atoms with van der Waals surface area (Å²) in [6.07, 6.45) is 3.35.